The van der Waals surface area contributed by atoms with E-state index in [9.17, 15) is 9.18 Å². The second-order valence-electron chi connectivity index (χ2n) is 1.28. The minimum absolute atomic E-state index is 0.468. The zero-order chi connectivity index (χ0) is 5.70. The zero-order valence-electron chi connectivity index (χ0n) is 4.15. The summed E-state index contributed by atoms with van der Waals surface area (Å²) in [4.78, 5) is 9.53. The van der Waals surface area contributed by atoms with E-state index >= 15 is 0 Å². The maximum Gasteiger partial charge on any atom is 0.142 e. The number of alkyl halides is 1. The van der Waals surface area contributed by atoms with Crippen LogP contribution in [-0.2, 0) is 4.79 Å². The van der Waals surface area contributed by atoms with Crippen molar-refractivity contribution in [3.05, 3.63) is 11.6 Å². The Labute approximate surface area is 41.8 Å². The summed E-state index contributed by atoms with van der Waals surface area (Å²) in [6.45, 7) is 1.03. The first-order valence-electron chi connectivity index (χ1n) is 1.98. The summed E-state index contributed by atoms with van der Waals surface area (Å²) < 4.78 is 11.3. The molecule has 2 heteroatoms. The van der Waals surface area contributed by atoms with E-state index in [0.717, 1.165) is 0 Å². The minimum Gasteiger partial charge on any atom is -0.299 e. The molecular weight excluding hydrogens is 95.1 g/mol. The second kappa shape index (κ2) is 3.53. The van der Waals surface area contributed by atoms with E-state index in [1.807, 2.05) is 0 Å². The Morgan fingerprint density at radius 1 is 1.86 bits per heavy atom. The minimum atomic E-state index is -0.529. The molecule has 1 nitrogen and oxygen atoms in total. The predicted octanol–water partition coefficient (Wildman–Crippen LogP) is 1.10. The lowest BCUT2D eigenvalue weighted by Gasteiger charge is -1.81. The number of carbonyl (C=O) groups is 1. The molecular formula is C5H7FO. The normalized spacial score (nSPS) is 11.4. The van der Waals surface area contributed by atoms with Crippen LogP contribution in [0.25, 0.3) is 0 Å². The third kappa shape index (κ3) is 3.16. The van der Waals surface area contributed by atoms with Gasteiger partial charge < -0.3 is 0 Å². The Balaban J connectivity index is 3.49. The fourth-order valence-corrected chi connectivity index (χ4v) is 0.161. The Morgan fingerprint density at radius 3 is 2.57 bits per heavy atom. The van der Waals surface area contributed by atoms with Gasteiger partial charge in [-0.05, 0) is 18.6 Å². The fraction of sp³-hybridized carbons (Fsp3) is 0.400. The molecule has 0 aromatic carbocycles. The van der Waals surface area contributed by atoms with Crippen LogP contribution in [0.15, 0.2) is 11.6 Å². The molecule has 0 N–H and O–H groups in total. The summed E-state index contributed by atoms with van der Waals surface area (Å²) >= 11 is 0. The largest absolute Gasteiger partial charge is 0.299 e. The summed E-state index contributed by atoms with van der Waals surface area (Å²) in [7, 11) is 0. The summed E-state index contributed by atoms with van der Waals surface area (Å²) in [6, 6.07) is 0. The van der Waals surface area contributed by atoms with Crippen LogP contribution in [0.5, 0.6) is 0 Å². The molecule has 0 aromatic heterocycles. The van der Waals surface area contributed by atoms with Gasteiger partial charge in [0.15, 0.2) is 0 Å². The average Bonchev–Trinajstić information content (AvgIpc) is 1.68. The summed E-state index contributed by atoms with van der Waals surface area (Å²) in [5.74, 6) is 0. The molecule has 0 atom stereocenters. The van der Waals surface area contributed by atoms with Crippen molar-refractivity contribution < 1.29 is 9.18 Å². The van der Waals surface area contributed by atoms with Gasteiger partial charge in [-0.2, -0.15) is 0 Å². The van der Waals surface area contributed by atoms with E-state index < -0.39 is 6.67 Å². The van der Waals surface area contributed by atoms with Crippen LogP contribution < -0.4 is 0 Å². The topological polar surface area (TPSA) is 17.1 Å². The molecule has 0 aromatic rings. The zero-order valence-corrected chi connectivity index (χ0v) is 4.15. The van der Waals surface area contributed by atoms with Crippen molar-refractivity contribution in [2.45, 2.75) is 6.92 Å². The maximum absolute atomic E-state index is 11.3. The summed E-state index contributed by atoms with van der Waals surface area (Å²) in [5.41, 5.74) is 0.468. The van der Waals surface area contributed by atoms with Crippen LogP contribution in [0, 0.1) is 0 Å². The molecule has 0 rings (SSSR count). The van der Waals surface area contributed by atoms with Crippen LogP contribution in [0.3, 0.4) is 0 Å². The molecule has 0 saturated heterocycles. The molecule has 0 saturated carbocycles. The quantitative estimate of drug-likeness (QED) is 0.377. The van der Waals surface area contributed by atoms with Gasteiger partial charge >= 0.3 is 0 Å². The van der Waals surface area contributed by atoms with Crippen molar-refractivity contribution in [3.63, 3.8) is 0 Å². The molecule has 0 aliphatic heterocycles. The number of hydrogen-bond acceptors (Lipinski definition) is 1. The molecule has 0 spiro atoms. The lowest BCUT2D eigenvalue weighted by molar-refractivity contribution is -0.104. The Kier molecular flexibility index (Phi) is 3.19. The van der Waals surface area contributed by atoms with Gasteiger partial charge in [-0.15, -0.1) is 0 Å². The average molecular weight is 102 g/mol. The number of aldehydes is 1. The van der Waals surface area contributed by atoms with Crippen molar-refractivity contribution >= 4 is 6.29 Å². The number of rotatable bonds is 2. The predicted molar refractivity (Wildman–Crippen MR) is 25.8 cm³/mol. The lowest BCUT2D eigenvalue weighted by atomic mass is 10.3. The van der Waals surface area contributed by atoms with Crippen molar-refractivity contribution in [2.24, 2.45) is 0 Å². The SMILES string of the molecule is C/C(=C\C=O)CF. The molecule has 0 bridgehead atoms. The molecule has 0 aliphatic carbocycles. The standard InChI is InChI=1S/C5H7FO/c1-5(4-6)2-3-7/h2-3H,4H2,1H3/b5-2+. The first-order valence-corrected chi connectivity index (χ1v) is 1.98. The highest BCUT2D eigenvalue weighted by atomic mass is 19.1. The van der Waals surface area contributed by atoms with E-state index in [2.05, 4.69) is 0 Å². The van der Waals surface area contributed by atoms with Crippen LogP contribution in [0.2, 0.25) is 0 Å². The number of carbonyl (C=O) groups excluding carboxylic acids is 1. The Hall–Kier alpha value is -0.660. The highest BCUT2D eigenvalue weighted by Crippen LogP contribution is 1.88. The molecule has 0 unspecified atom stereocenters. The van der Waals surface area contributed by atoms with Crippen LogP contribution in [-0.4, -0.2) is 13.0 Å². The maximum atomic E-state index is 11.3. The first-order chi connectivity index (χ1) is 3.31. The van der Waals surface area contributed by atoms with Gasteiger partial charge in [0.05, 0.1) is 0 Å². The van der Waals surface area contributed by atoms with E-state index in [1.54, 1.807) is 6.92 Å². The summed E-state index contributed by atoms with van der Waals surface area (Å²) in [5, 5.41) is 0. The van der Waals surface area contributed by atoms with Crippen molar-refractivity contribution in [1.29, 1.82) is 0 Å². The Bertz CT molecular complexity index is 86.1. The van der Waals surface area contributed by atoms with E-state index in [4.69, 9.17) is 0 Å². The van der Waals surface area contributed by atoms with Gasteiger partial charge in [0.1, 0.15) is 13.0 Å². The number of halogens is 1. The first kappa shape index (κ1) is 6.34. The molecule has 0 aliphatic rings. The molecule has 0 radical (unpaired) electrons. The van der Waals surface area contributed by atoms with Gasteiger partial charge in [-0.1, -0.05) is 0 Å². The van der Waals surface area contributed by atoms with Crippen molar-refractivity contribution in [1.82, 2.24) is 0 Å². The lowest BCUT2D eigenvalue weighted by Crippen LogP contribution is -1.76. The second-order valence-corrected chi connectivity index (χ2v) is 1.28. The van der Waals surface area contributed by atoms with Gasteiger partial charge in [0, 0.05) is 0 Å². The van der Waals surface area contributed by atoms with Gasteiger partial charge in [-0.25, -0.2) is 4.39 Å². The monoisotopic (exact) mass is 102 g/mol. The van der Waals surface area contributed by atoms with Crippen LogP contribution in [0.4, 0.5) is 4.39 Å². The van der Waals surface area contributed by atoms with Gasteiger partial charge in [0.25, 0.3) is 0 Å². The number of hydrogen-bond donors (Lipinski definition) is 0. The Morgan fingerprint density at radius 2 is 2.43 bits per heavy atom. The molecule has 40 valence electrons. The molecule has 0 amide bonds. The smallest absolute Gasteiger partial charge is 0.142 e. The van der Waals surface area contributed by atoms with Crippen molar-refractivity contribution in [2.75, 3.05) is 6.67 Å². The van der Waals surface area contributed by atoms with Gasteiger partial charge in [0.2, 0.25) is 0 Å². The third-order valence-corrected chi connectivity index (χ3v) is 0.563. The van der Waals surface area contributed by atoms with Crippen LogP contribution in [0.1, 0.15) is 6.92 Å². The molecule has 7 heavy (non-hydrogen) atoms. The molecule has 0 fully saturated rings. The third-order valence-electron chi connectivity index (χ3n) is 0.563. The van der Waals surface area contributed by atoms with E-state index in [-0.39, 0.29) is 0 Å². The molecule has 0 heterocycles. The summed E-state index contributed by atoms with van der Waals surface area (Å²) in [6.07, 6.45) is 1.79. The van der Waals surface area contributed by atoms with E-state index in [1.165, 1.54) is 6.08 Å². The van der Waals surface area contributed by atoms with E-state index in [0.29, 0.717) is 11.9 Å². The fourth-order valence-electron chi connectivity index (χ4n) is 0.161. The van der Waals surface area contributed by atoms with Gasteiger partial charge in [-0.3, -0.25) is 4.79 Å². The van der Waals surface area contributed by atoms with Crippen molar-refractivity contribution in [3.8, 4) is 0 Å². The highest BCUT2D eigenvalue weighted by molar-refractivity contribution is 5.65. The number of allylic oxidation sites excluding steroid dienone is 2. The highest BCUT2D eigenvalue weighted by Gasteiger charge is 1.80. The van der Waals surface area contributed by atoms with Crippen LogP contribution >= 0.6 is 0 Å².